The lowest BCUT2D eigenvalue weighted by molar-refractivity contribution is 0.0305. The molecule has 1 aromatic heterocycles. The van der Waals surface area contributed by atoms with Crippen molar-refractivity contribution in [2.75, 3.05) is 32.8 Å². The van der Waals surface area contributed by atoms with Crippen LogP contribution in [0.1, 0.15) is 44.3 Å². The standard InChI is InChI=1S/C17H28N4O2/c1-2-16-18-17(23-19-16)12-21-10-13-3-4-15(21)11-20(9-13)14-5-7-22-8-6-14/h13-15H,2-12H2,1H3/t13-,15+/m1/s1. The number of aromatic nitrogens is 2. The SMILES string of the molecule is CCc1noc(CN2C[C@@H]3CC[C@H]2CN(C2CCOCC2)C3)n1. The molecule has 0 aromatic carbocycles. The molecule has 5 heterocycles. The maximum atomic E-state index is 5.54. The normalized spacial score (nSPS) is 30.7. The fourth-order valence-corrected chi connectivity index (χ4v) is 4.43. The van der Waals surface area contributed by atoms with Gasteiger partial charge in [0.15, 0.2) is 5.82 Å². The molecule has 4 aliphatic rings. The molecule has 1 aromatic rings. The van der Waals surface area contributed by atoms with Gasteiger partial charge in [0, 0.05) is 51.4 Å². The highest BCUT2D eigenvalue weighted by Gasteiger charge is 2.37. The first kappa shape index (κ1) is 15.5. The number of nitrogens with zero attached hydrogens (tertiary/aromatic N) is 4. The van der Waals surface area contributed by atoms with Crippen molar-refractivity contribution in [3.8, 4) is 0 Å². The van der Waals surface area contributed by atoms with Gasteiger partial charge in [0.1, 0.15) is 0 Å². The van der Waals surface area contributed by atoms with Crippen LogP contribution in [0.4, 0.5) is 0 Å². The summed E-state index contributed by atoms with van der Waals surface area (Å²) >= 11 is 0. The zero-order chi connectivity index (χ0) is 15.6. The Morgan fingerprint density at radius 3 is 2.70 bits per heavy atom. The molecule has 0 radical (unpaired) electrons. The van der Waals surface area contributed by atoms with E-state index in [9.17, 15) is 0 Å². The molecule has 6 heteroatoms. The van der Waals surface area contributed by atoms with Crippen molar-refractivity contribution in [1.82, 2.24) is 19.9 Å². The lowest BCUT2D eigenvalue weighted by Gasteiger charge is -2.36. The third kappa shape index (κ3) is 3.44. The van der Waals surface area contributed by atoms with E-state index in [-0.39, 0.29) is 0 Å². The Balaban J connectivity index is 1.42. The predicted octanol–water partition coefficient (Wildman–Crippen LogP) is 1.71. The Bertz CT molecular complexity index is 514. The molecule has 0 saturated carbocycles. The first-order valence-corrected chi connectivity index (χ1v) is 9.19. The quantitative estimate of drug-likeness (QED) is 0.842. The fraction of sp³-hybridized carbons (Fsp3) is 0.882. The topological polar surface area (TPSA) is 54.6 Å². The zero-order valence-corrected chi connectivity index (χ0v) is 14.1. The molecule has 2 bridgehead atoms. The Labute approximate surface area is 138 Å². The van der Waals surface area contributed by atoms with Crippen LogP contribution in [-0.2, 0) is 17.7 Å². The van der Waals surface area contributed by atoms with E-state index < -0.39 is 0 Å². The largest absolute Gasteiger partial charge is 0.381 e. The van der Waals surface area contributed by atoms with Crippen LogP contribution >= 0.6 is 0 Å². The summed E-state index contributed by atoms with van der Waals surface area (Å²) < 4.78 is 11.0. The summed E-state index contributed by atoms with van der Waals surface area (Å²) in [6.45, 7) is 8.36. The van der Waals surface area contributed by atoms with Gasteiger partial charge in [0.05, 0.1) is 6.54 Å². The van der Waals surface area contributed by atoms with Gasteiger partial charge in [-0.2, -0.15) is 4.98 Å². The van der Waals surface area contributed by atoms with Gasteiger partial charge in [-0.3, -0.25) is 9.80 Å². The van der Waals surface area contributed by atoms with Crippen molar-refractivity contribution < 1.29 is 9.26 Å². The van der Waals surface area contributed by atoms with E-state index >= 15 is 0 Å². The van der Waals surface area contributed by atoms with Gasteiger partial charge in [0.25, 0.3) is 0 Å². The molecular weight excluding hydrogens is 292 g/mol. The second-order valence-electron chi connectivity index (χ2n) is 7.28. The molecule has 128 valence electrons. The number of aryl methyl sites for hydroxylation is 1. The minimum Gasteiger partial charge on any atom is -0.381 e. The monoisotopic (exact) mass is 320 g/mol. The van der Waals surface area contributed by atoms with Crippen LogP contribution in [0.3, 0.4) is 0 Å². The minimum absolute atomic E-state index is 0.633. The van der Waals surface area contributed by atoms with Crippen molar-refractivity contribution in [1.29, 1.82) is 0 Å². The highest BCUT2D eigenvalue weighted by atomic mass is 16.5. The molecule has 6 nitrogen and oxygen atoms in total. The van der Waals surface area contributed by atoms with Crippen molar-refractivity contribution in [2.24, 2.45) is 5.92 Å². The highest BCUT2D eigenvalue weighted by molar-refractivity contribution is 4.94. The second-order valence-corrected chi connectivity index (χ2v) is 7.28. The molecule has 0 amide bonds. The number of ether oxygens (including phenoxy) is 1. The van der Waals surface area contributed by atoms with Crippen LogP contribution in [0.25, 0.3) is 0 Å². The summed E-state index contributed by atoms with van der Waals surface area (Å²) in [6.07, 6.45) is 5.91. The number of hydrogen-bond donors (Lipinski definition) is 0. The van der Waals surface area contributed by atoms with Gasteiger partial charge in [-0.05, 0) is 31.6 Å². The average molecular weight is 320 g/mol. The molecule has 0 unspecified atom stereocenters. The fourth-order valence-electron chi connectivity index (χ4n) is 4.43. The summed E-state index contributed by atoms with van der Waals surface area (Å²) in [7, 11) is 0. The van der Waals surface area contributed by atoms with E-state index in [1.165, 1.54) is 45.3 Å². The molecule has 23 heavy (non-hydrogen) atoms. The van der Waals surface area contributed by atoms with Crippen LogP contribution in [0.2, 0.25) is 0 Å². The summed E-state index contributed by atoms with van der Waals surface area (Å²) in [5.74, 6) is 2.39. The van der Waals surface area contributed by atoms with Gasteiger partial charge >= 0.3 is 0 Å². The Hall–Kier alpha value is -0.980. The molecule has 4 saturated heterocycles. The summed E-state index contributed by atoms with van der Waals surface area (Å²) in [6, 6.07) is 1.36. The molecule has 0 N–H and O–H groups in total. The summed E-state index contributed by atoms with van der Waals surface area (Å²) in [4.78, 5) is 9.83. The first-order chi connectivity index (χ1) is 11.3. The summed E-state index contributed by atoms with van der Waals surface area (Å²) in [5, 5.41) is 4.04. The van der Waals surface area contributed by atoms with Crippen LogP contribution in [-0.4, -0.2) is 64.9 Å². The lowest BCUT2D eigenvalue weighted by atomic mass is 9.95. The van der Waals surface area contributed by atoms with E-state index in [4.69, 9.17) is 9.26 Å². The maximum Gasteiger partial charge on any atom is 0.240 e. The first-order valence-electron chi connectivity index (χ1n) is 9.19. The highest BCUT2D eigenvalue weighted by Crippen LogP contribution is 2.31. The number of piperidine rings is 1. The van der Waals surface area contributed by atoms with E-state index in [1.807, 2.05) is 0 Å². The zero-order valence-electron chi connectivity index (χ0n) is 14.1. The smallest absolute Gasteiger partial charge is 0.240 e. The second kappa shape index (κ2) is 6.87. The van der Waals surface area contributed by atoms with Gasteiger partial charge in [-0.25, -0.2) is 0 Å². The molecule has 0 aliphatic carbocycles. The van der Waals surface area contributed by atoms with Gasteiger partial charge in [-0.15, -0.1) is 0 Å². The molecule has 5 rings (SSSR count). The maximum absolute atomic E-state index is 5.54. The van der Waals surface area contributed by atoms with E-state index in [0.29, 0.717) is 6.04 Å². The van der Waals surface area contributed by atoms with Gasteiger partial charge in [0.2, 0.25) is 5.89 Å². The number of fused-ring (bicyclic) bond motifs is 4. The molecule has 4 fully saturated rings. The molecule has 2 atom stereocenters. The van der Waals surface area contributed by atoms with Crippen molar-refractivity contribution >= 4 is 0 Å². The van der Waals surface area contributed by atoms with Crippen LogP contribution in [0.15, 0.2) is 4.52 Å². The Morgan fingerprint density at radius 2 is 1.91 bits per heavy atom. The third-order valence-electron chi connectivity index (χ3n) is 5.73. The van der Waals surface area contributed by atoms with Crippen LogP contribution in [0, 0.1) is 5.92 Å². The van der Waals surface area contributed by atoms with E-state index in [0.717, 1.165) is 49.9 Å². The molecule has 0 spiro atoms. The average Bonchev–Trinajstić information content (AvgIpc) is 2.85. The molecule has 4 aliphatic heterocycles. The minimum atomic E-state index is 0.633. The van der Waals surface area contributed by atoms with Gasteiger partial charge in [-0.1, -0.05) is 12.1 Å². The van der Waals surface area contributed by atoms with Gasteiger partial charge < -0.3 is 9.26 Å². The summed E-state index contributed by atoms with van der Waals surface area (Å²) in [5.41, 5.74) is 0. The van der Waals surface area contributed by atoms with E-state index in [1.54, 1.807) is 0 Å². The van der Waals surface area contributed by atoms with Crippen molar-refractivity contribution in [2.45, 2.75) is 57.7 Å². The van der Waals surface area contributed by atoms with Crippen molar-refractivity contribution in [3.63, 3.8) is 0 Å². The Kier molecular flexibility index (Phi) is 4.64. The van der Waals surface area contributed by atoms with Crippen LogP contribution < -0.4 is 0 Å². The van der Waals surface area contributed by atoms with Crippen LogP contribution in [0.5, 0.6) is 0 Å². The molecular formula is C17H28N4O2. The Morgan fingerprint density at radius 1 is 1.04 bits per heavy atom. The number of hydrogen-bond acceptors (Lipinski definition) is 6. The number of rotatable bonds is 4. The van der Waals surface area contributed by atoms with Crippen molar-refractivity contribution in [3.05, 3.63) is 11.7 Å². The lowest BCUT2D eigenvalue weighted by Crippen LogP contribution is -2.45. The third-order valence-corrected chi connectivity index (χ3v) is 5.73. The predicted molar refractivity (Wildman–Crippen MR) is 86.0 cm³/mol. The van der Waals surface area contributed by atoms with E-state index in [2.05, 4.69) is 26.9 Å².